The molecule has 0 bridgehead atoms. The van der Waals surface area contributed by atoms with E-state index >= 15 is 0 Å². The van der Waals surface area contributed by atoms with Crippen LogP contribution in [0.2, 0.25) is 0 Å². The molecule has 1 atom stereocenters. The predicted octanol–water partition coefficient (Wildman–Crippen LogP) is 4.35. The monoisotopic (exact) mass is 424 g/mol. The molecule has 3 rings (SSSR count). The van der Waals surface area contributed by atoms with Crippen molar-refractivity contribution in [3.63, 3.8) is 0 Å². The van der Waals surface area contributed by atoms with Gasteiger partial charge in [0.1, 0.15) is 24.0 Å². The summed E-state index contributed by atoms with van der Waals surface area (Å²) < 4.78 is 12.2. The number of amides is 2. The summed E-state index contributed by atoms with van der Waals surface area (Å²) in [5, 5.41) is 9.45. The van der Waals surface area contributed by atoms with Gasteiger partial charge in [-0.15, -0.1) is 0 Å². The van der Waals surface area contributed by atoms with Gasteiger partial charge in [0.05, 0.1) is 0 Å². The average Bonchev–Trinajstić information content (AvgIpc) is 3.13. The van der Waals surface area contributed by atoms with Gasteiger partial charge in [-0.25, -0.2) is 19.7 Å². The molecular weight excluding hydrogens is 396 g/mol. The van der Waals surface area contributed by atoms with Crippen molar-refractivity contribution >= 4 is 12.2 Å². The van der Waals surface area contributed by atoms with Gasteiger partial charge in [0.15, 0.2) is 0 Å². The third-order valence-corrected chi connectivity index (χ3v) is 4.93. The molecule has 1 saturated heterocycles. The molecule has 1 aliphatic heterocycles. The molecular formula is C23H28N4O4. The highest BCUT2D eigenvalue weighted by molar-refractivity contribution is 5.76. The number of nitriles is 1. The van der Waals surface area contributed by atoms with Gasteiger partial charge in [-0.2, -0.15) is 5.26 Å². The fraction of sp³-hybridized carbons (Fsp3) is 0.435. The number of carbonyl (C=O) groups is 2. The highest BCUT2D eigenvalue weighted by Gasteiger charge is 2.29. The molecule has 0 aliphatic carbocycles. The van der Waals surface area contributed by atoms with Crippen molar-refractivity contribution in [2.75, 3.05) is 18.5 Å². The molecule has 0 saturated carbocycles. The van der Waals surface area contributed by atoms with Gasteiger partial charge in [-0.05, 0) is 51.3 Å². The maximum Gasteiger partial charge on any atom is 0.426 e. The number of likely N-dealkylation sites (tertiary alicyclic amines) is 1. The minimum atomic E-state index is -0.658. The second kappa shape index (κ2) is 9.56. The molecule has 164 valence electrons. The Morgan fingerprint density at radius 1 is 1.19 bits per heavy atom. The number of rotatable bonds is 4. The Morgan fingerprint density at radius 2 is 1.94 bits per heavy atom. The summed E-state index contributed by atoms with van der Waals surface area (Å²) in [5.74, 6) is -0.0462. The maximum atomic E-state index is 12.6. The minimum absolute atomic E-state index is 0.0462. The van der Waals surface area contributed by atoms with Crippen molar-refractivity contribution in [2.45, 2.75) is 51.7 Å². The van der Waals surface area contributed by atoms with E-state index in [2.05, 4.69) is 11.5 Å². The highest BCUT2D eigenvalue weighted by atomic mass is 16.6. The number of carbonyl (C=O) groups excluding carboxylic acids is 2. The number of piperidine rings is 1. The molecule has 0 radical (unpaired) electrons. The molecule has 1 aromatic carbocycles. The molecule has 8 nitrogen and oxygen atoms in total. The molecule has 0 spiro atoms. The van der Waals surface area contributed by atoms with Crippen molar-refractivity contribution in [3.8, 4) is 6.07 Å². The first kappa shape index (κ1) is 22.2. The van der Waals surface area contributed by atoms with Gasteiger partial charge in [-0.3, -0.25) is 0 Å². The molecule has 31 heavy (non-hydrogen) atoms. The van der Waals surface area contributed by atoms with Crippen molar-refractivity contribution in [2.24, 2.45) is 0 Å². The quantitative estimate of drug-likeness (QED) is 0.787. The van der Waals surface area contributed by atoms with E-state index in [-0.39, 0.29) is 18.6 Å². The minimum Gasteiger partial charge on any atom is -0.445 e. The van der Waals surface area contributed by atoms with Crippen LogP contribution >= 0.6 is 0 Å². The second-order valence-electron chi connectivity index (χ2n) is 8.53. The Labute approximate surface area is 182 Å². The molecule has 0 unspecified atom stereocenters. The predicted molar refractivity (Wildman–Crippen MR) is 115 cm³/mol. The normalized spacial score (nSPS) is 16.3. The van der Waals surface area contributed by atoms with Crippen LogP contribution in [0.4, 0.5) is 9.59 Å². The van der Waals surface area contributed by atoms with Crippen LogP contribution in [0.15, 0.2) is 42.5 Å². The molecule has 2 heterocycles. The van der Waals surface area contributed by atoms with Crippen LogP contribution in [0.25, 0.3) is 0 Å². The third kappa shape index (κ3) is 6.01. The summed E-state index contributed by atoms with van der Waals surface area (Å²) in [6.07, 6.45) is 0.612. The topological polar surface area (TPSA) is 96.6 Å². The maximum absolute atomic E-state index is 12.6. The highest BCUT2D eigenvalue weighted by Crippen LogP contribution is 2.28. The first-order valence-corrected chi connectivity index (χ1v) is 10.3. The Morgan fingerprint density at radius 3 is 2.61 bits per heavy atom. The van der Waals surface area contributed by atoms with Crippen LogP contribution in [0.1, 0.15) is 56.5 Å². The number of hydrogen-bond donors (Lipinski definition) is 1. The summed E-state index contributed by atoms with van der Waals surface area (Å²) in [6.45, 7) is 6.58. The van der Waals surface area contributed by atoms with E-state index in [0.717, 1.165) is 24.1 Å². The smallest absolute Gasteiger partial charge is 0.426 e. The van der Waals surface area contributed by atoms with E-state index in [1.807, 2.05) is 30.3 Å². The Kier molecular flexibility index (Phi) is 6.85. The molecule has 8 heteroatoms. The Balaban J connectivity index is 1.68. The lowest BCUT2D eigenvalue weighted by molar-refractivity contribution is 0.0609. The lowest BCUT2D eigenvalue weighted by atomic mass is 9.95. The number of aromatic nitrogens is 1. The largest absolute Gasteiger partial charge is 0.445 e. The first-order chi connectivity index (χ1) is 14.8. The number of nitrogens with zero attached hydrogens (tertiary/aromatic N) is 3. The van der Waals surface area contributed by atoms with Gasteiger partial charge >= 0.3 is 12.2 Å². The molecule has 1 N–H and O–H groups in total. The summed E-state index contributed by atoms with van der Waals surface area (Å²) in [5.41, 5.74) is 3.97. The summed E-state index contributed by atoms with van der Waals surface area (Å²) in [6, 6.07) is 15.1. The zero-order valence-corrected chi connectivity index (χ0v) is 18.1. The van der Waals surface area contributed by atoms with Gasteiger partial charge in [0, 0.05) is 24.7 Å². The van der Waals surface area contributed by atoms with Crippen LogP contribution in [0.5, 0.6) is 0 Å². The van der Waals surface area contributed by atoms with E-state index in [1.165, 1.54) is 4.68 Å². The lowest BCUT2D eigenvalue weighted by Crippen LogP contribution is -2.40. The molecule has 1 aliphatic rings. The van der Waals surface area contributed by atoms with E-state index in [9.17, 15) is 14.9 Å². The van der Waals surface area contributed by atoms with Crippen LogP contribution in [-0.2, 0) is 16.1 Å². The molecule has 2 aromatic rings. The average molecular weight is 425 g/mol. The fourth-order valence-corrected chi connectivity index (χ4v) is 3.57. The summed E-state index contributed by atoms with van der Waals surface area (Å²) >= 11 is 0. The van der Waals surface area contributed by atoms with Crippen molar-refractivity contribution in [1.82, 2.24) is 9.58 Å². The zero-order chi connectivity index (χ0) is 22.4. The van der Waals surface area contributed by atoms with E-state index < -0.39 is 11.7 Å². The molecule has 2 amide bonds. The third-order valence-electron chi connectivity index (χ3n) is 4.93. The number of ether oxygens (including phenoxy) is 2. The Bertz CT molecular complexity index is 956. The van der Waals surface area contributed by atoms with Gasteiger partial charge < -0.3 is 14.4 Å². The molecule has 1 fully saturated rings. The van der Waals surface area contributed by atoms with Gasteiger partial charge in [0.25, 0.3) is 0 Å². The fourth-order valence-electron chi connectivity index (χ4n) is 3.57. The van der Waals surface area contributed by atoms with Crippen molar-refractivity contribution in [1.29, 1.82) is 5.26 Å². The van der Waals surface area contributed by atoms with Crippen LogP contribution in [0.3, 0.4) is 0 Å². The molecule has 1 aromatic heterocycles. The number of hydrogen-bond acceptors (Lipinski definition) is 5. The summed E-state index contributed by atoms with van der Waals surface area (Å²) in [4.78, 5) is 26.5. The number of benzene rings is 1. The standard InChI is InChI=1S/C23H28N4O4/c1-23(2,3)31-21(28)25-27-19(14-24)11-12-20(27)18-10-7-13-26(15-18)22(29)30-16-17-8-5-4-6-9-17/h4-6,8-9,11-12,18H,7,10,13,15-16H2,1-3H3,(H,25,28)/t18-/m1/s1. The van der Waals surface area contributed by atoms with Gasteiger partial charge in [-0.1, -0.05) is 30.3 Å². The van der Waals surface area contributed by atoms with Gasteiger partial charge in [0.2, 0.25) is 0 Å². The number of nitrogens with one attached hydrogen (secondary N) is 1. The second-order valence-corrected chi connectivity index (χ2v) is 8.53. The van der Waals surface area contributed by atoms with Crippen LogP contribution in [0, 0.1) is 11.3 Å². The summed E-state index contributed by atoms with van der Waals surface area (Å²) in [7, 11) is 0. The Hall–Kier alpha value is -3.47. The van der Waals surface area contributed by atoms with Crippen molar-refractivity contribution < 1.29 is 19.1 Å². The SMILES string of the molecule is CC(C)(C)OC(=O)Nn1c(C#N)ccc1[C@@H]1CCCN(C(=O)OCc2ccccc2)C1. The van der Waals surface area contributed by atoms with Crippen LogP contribution < -0.4 is 5.43 Å². The first-order valence-electron chi connectivity index (χ1n) is 10.3. The van der Waals surface area contributed by atoms with Crippen LogP contribution in [-0.4, -0.2) is 40.5 Å². The van der Waals surface area contributed by atoms with Crippen molar-refractivity contribution in [3.05, 3.63) is 59.4 Å². The zero-order valence-electron chi connectivity index (χ0n) is 18.1. The van der Waals surface area contributed by atoms with E-state index in [4.69, 9.17) is 9.47 Å². The lowest BCUT2D eigenvalue weighted by Gasteiger charge is -2.32. The van der Waals surface area contributed by atoms with E-state index in [0.29, 0.717) is 18.8 Å². The van der Waals surface area contributed by atoms with E-state index in [1.54, 1.807) is 37.8 Å².